The third-order valence-corrected chi connectivity index (χ3v) is 3.84. The molecule has 1 aromatic carbocycles. The number of hydrogen-bond acceptors (Lipinski definition) is 2. The van der Waals surface area contributed by atoms with E-state index in [1.165, 1.54) is 4.90 Å². The first-order valence-electron chi connectivity index (χ1n) is 6.68. The third-order valence-electron chi connectivity index (χ3n) is 3.84. The van der Waals surface area contributed by atoms with E-state index in [1.54, 1.807) is 6.07 Å². The first-order chi connectivity index (χ1) is 9.06. The topological polar surface area (TPSA) is 57.6 Å². The van der Waals surface area contributed by atoms with Gasteiger partial charge in [-0.05, 0) is 30.4 Å². The molecule has 4 heteroatoms. The average molecular weight is 261 g/mol. The van der Waals surface area contributed by atoms with Gasteiger partial charge in [-0.1, -0.05) is 32.0 Å². The summed E-state index contributed by atoms with van der Waals surface area (Å²) < 4.78 is 0. The van der Waals surface area contributed by atoms with Gasteiger partial charge >= 0.3 is 5.97 Å². The van der Waals surface area contributed by atoms with Gasteiger partial charge in [0.15, 0.2) is 0 Å². The van der Waals surface area contributed by atoms with Gasteiger partial charge in [0.2, 0.25) is 0 Å². The van der Waals surface area contributed by atoms with Gasteiger partial charge in [0.25, 0.3) is 5.91 Å². The van der Waals surface area contributed by atoms with E-state index in [4.69, 9.17) is 0 Å². The predicted octanol–water partition coefficient (Wildman–Crippen LogP) is 2.18. The highest BCUT2D eigenvalue weighted by Gasteiger charge is 2.40. The van der Waals surface area contributed by atoms with E-state index < -0.39 is 12.0 Å². The Balaban J connectivity index is 2.31. The number of carboxylic acid groups (broad SMARTS) is 1. The van der Waals surface area contributed by atoms with Crippen molar-refractivity contribution < 1.29 is 14.7 Å². The second kappa shape index (κ2) is 5.43. The summed E-state index contributed by atoms with van der Waals surface area (Å²) in [4.78, 5) is 25.4. The smallest absolute Gasteiger partial charge is 0.326 e. The molecule has 0 aliphatic carbocycles. The quantitative estimate of drug-likeness (QED) is 0.907. The van der Waals surface area contributed by atoms with Gasteiger partial charge < -0.3 is 10.0 Å². The van der Waals surface area contributed by atoms with Crippen molar-refractivity contribution in [3.05, 3.63) is 35.4 Å². The molecule has 2 rings (SSSR count). The predicted molar refractivity (Wildman–Crippen MR) is 72.1 cm³/mol. The number of benzene rings is 1. The first kappa shape index (κ1) is 13.6. The average Bonchev–Trinajstić information content (AvgIpc) is 2.79. The minimum absolute atomic E-state index is 0.00948. The summed E-state index contributed by atoms with van der Waals surface area (Å²) in [5.41, 5.74) is 1.60. The number of carbonyl (C=O) groups excluding carboxylic acids is 1. The Morgan fingerprint density at radius 3 is 2.68 bits per heavy atom. The fourth-order valence-electron chi connectivity index (χ4n) is 2.74. The van der Waals surface area contributed by atoms with Crippen molar-refractivity contribution in [2.45, 2.75) is 32.7 Å². The zero-order valence-corrected chi connectivity index (χ0v) is 11.3. The van der Waals surface area contributed by atoms with E-state index in [1.807, 2.05) is 32.0 Å². The van der Waals surface area contributed by atoms with Crippen molar-refractivity contribution in [1.82, 2.24) is 4.90 Å². The fraction of sp³-hybridized carbons (Fsp3) is 0.467. The van der Waals surface area contributed by atoms with Crippen LogP contribution in [0.15, 0.2) is 24.3 Å². The van der Waals surface area contributed by atoms with Crippen LogP contribution in [0.1, 0.15) is 36.2 Å². The zero-order chi connectivity index (χ0) is 14.0. The molecule has 0 aromatic heterocycles. The molecular formula is C15H19NO3. The Hall–Kier alpha value is -1.84. The van der Waals surface area contributed by atoms with E-state index in [2.05, 4.69) is 0 Å². The first-order valence-corrected chi connectivity index (χ1v) is 6.68. The highest BCUT2D eigenvalue weighted by molar-refractivity contribution is 5.98. The molecule has 1 aliphatic rings. The highest BCUT2D eigenvalue weighted by atomic mass is 16.4. The summed E-state index contributed by atoms with van der Waals surface area (Å²) in [5.74, 6) is -1.06. The van der Waals surface area contributed by atoms with Crippen LogP contribution in [0, 0.1) is 5.92 Å². The molecule has 4 nitrogen and oxygen atoms in total. The lowest BCUT2D eigenvalue weighted by atomic mass is 10.0. The van der Waals surface area contributed by atoms with Gasteiger partial charge in [0.05, 0.1) is 0 Å². The van der Waals surface area contributed by atoms with Crippen LogP contribution in [0.4, 0.5) is 0 Å². The molecule has 0 saturated carbocycles. The molecule has 1 fully saturated rings. The Morgan fingerprint density at radius 2 is 2.05 bits per heavy atom. The lowest BCUT2D eigenvalue weighted by molar-refractivity contribution is -0.142. The number of aryl methyl sites for hydroxylation is 1. The number of nitrogens with zero attached hydrogens (tertiary/aromatic N) is 1. The van der Waals surface area contributed by atoms with Crippen molar-refractivity contribution in [2.24, 2.45) is 5.92 Å². The Labute approximate surface area is 113 Å². The van der Waals surface area contributed by atoms with Crippen molar-refractivity contribution in [1.29, 1.82) is 0 Å². The molecule has 1 amide bonds. The minimum atomic E-state index is -0.910. The zero-order valence-electron chi connectivity index (χ0n) is 11.3. The van der Waals surface area contributed by atoms with Gasteiger partial charge in [-0.3, -0.25) is 4.79 Å². The van der Waals surface area contributed by atoms with Crippen molar-refractivity contribution >= 4 is 11.9 Å². The molecule has 1 N–H and O–H groups in total. The maximum absolute atomic E-state index is 12.5. The molecule has 1 heterocycles. The molecule has 19 heavy (non-hydrogen) atoms. The fourth-order valence-corrected chi connectivity index (χ4v) is 2.74. The van der Waals surface area contributed by atoms with Crippen LogP contribution in [0.2, 0.25) is 0 Å². The number of likely N-dealkylation sites (tertiary alicyclic amines) is 1. The van der Waals surface area contributed by atoms with Gasteiger partial charge in [-0.2, -0.15) is 0 Å². The summed E-state index contributed by atoms with van der Waals surface area (Å²) in [6, 6.07) is 6.72. The summed E-state index contributed by atoms with van der Waals surface area (Å²) in [5, 5.41) is 9.28. The third kappa shape index (κ3) is 2.48. The van der Waals surface area contributed by atoms with Crippen molar-refractivity contribution in [2.75, 3.05) is 6.54 Å². The molecule has 102 valence electrons. The number of carbonyl (C=O) groups is 2. The highest BCUT2D eigenvalue weighted by Crippen LogP contribution is 2.26. The summed E-state index contributed by atoms with van der Waals surface area (Å²) in [7, 11) is 0. The van der Waals surface area contributed by atoms with Crippen LogP contribution in [-0.2, 0) is 11.2 Å². The van der Waals surface area contributed by atoms with E-state index in [-0.39, 0.29) is 11.8 Å². The van der Waals surface area contributed by atoms with Crippen LogP contribution in [-0.4, -0.2) is 34.5 Å². The summed E-state index contributed by atoms with van der Waals surface area (Å²) in [6.07, 6.45) is 1.51. The number of carboxylic acids is 1. The van der Waals surface area contributed by atoms with Crippen LogP contribution in [0.25, 0.3) is 0 Å². The van der Waals surface area contributed by atoms with E-state index in [0.717, 1.165) is 18.4 Å². The molecule has 1 aliphatic heterocycles. The molecule has 0 bridgehead atoms. The summed E-state index contributed by atoms with van der Waals surface area (Å²) in [6.45, 7) is 4.40. The number of hydrogen-bond donors (Lipinski definition) is 1. The standard InChI is InChI=1S/C15H19NO3/c1-3-11-6-4-5-7-12(11)14(17)16-9-8-10(2)13(16)15(18)19/h4-7,10,13H,3,8-9H2,1-2H3,(H,18,19). The molecule has 0 spiro atoms. The lowest BCUT2D eigenvalue weighted by Crippen LogP contribution is -2.43. The number of rotatable bonds is 3. The lowest BCUT2D eigenvalue weighted by Gasteiger charge is -2.24. The van der Waals surface area contributed by atoms with Crippen LogP contribution < -0.4 is 0 Å². The largest absolute Gasteiger partial charge is 0.480 e. The molecule has 1 aromatic rings. The number of amides is 1. The maximum Gasteiger partial charge on any atom is 0.326 e. The van der Waals surface area contributed by atoms with Crippen LogP contribution in [0.3, 0.4) is 0 Å². The Kier molecular flexibility index (Phi) is 3.88. The molecule has 1 saturated heterocycles. The van der Waals surface area contributed by atoms with Crippen molar-refractivity contribution in [3.63, 3.8) is 0 Å². The van der Waals surface area contributed by atoms with Crippen molar-refractivity contribution in [3.8, 4) is 0 Å². The molecule has 2 unspecified atom stereocenters. The van der Waals surface area contributed by atoms with E-state index >= 15 is 0 Å². The monoisotopic (exact) mass is 261 g/mol. The van der Waals surface area contributed by atoms with E-state index in [9.17, 15) is 14.7 Å². The molecule has 2 atom stereocenters. The summed E-state index contributed by atoms with van der Waals surface area (Å²) >= 11 is 0. The minimum Gasteiger partial charge on any atom is -0.480 e. The molecular weight excluding hydrogens is 242 g/mol. The SMILES string of the molecule is CCc1ccccc1C(=O)N1CCC(C)C1C(=O)O. The van der Waals surface area contributed by atoms with Gasteiger partial charge in [0, 0.05) is 12.1 Å². The number of aliphatic carboxylic acids is 1. The van der Waals surface area contributed by atoms with Crippen LogP contribution >= 0.6 is 0 Å². The second-order valence-corrected chi connectivity index (χ2v) is 5.06. The Bertz CT molecular complexity index is 498. The van der Waals surface area contributed by atoms with Crippen LogP contribution in [0.5, 0.6) is 0 Å². The molecule has 0 radical (unpaired) electrons. The van der Waals surface area contributed by atoms with Gasteiger partial charge in [0.1, 0.15) is 6.04 Å². The van der Waals surface area contributed by atoms with E-state index in [0.29, 0.717) is 12.1 Å². The normalized spacial score (nSPS) is 22.5. The second-order valence-electron chi connectivity index (χ2n) is 5.06. The van der Waals surface area contributed by atoms with Gasteiger partial charge in [-0.25, -0.2) is 4.79 Å². The Morgan fingerprint density at radius 1 is 1.37 bits per heavy atom. The van der Waals surface area contributed by atoms with Gasteiger partial charge in [-0.15, -0.1) is 0 Å². The maximum atomic E-state index is 12.5.